The van der Waals surface area contributed by atoms with Crippen molar-refractivity contribution in [3.63, 3.8) is 0 Å². The van der Waals surface area contributed by atoms with E-state index < -0.39 is 0 Å². The lowest BCUT2D eigenvalue weighted by Crippen LogP contribution is -2.16. The quantitative estimate of drug-likeness (QED) is 0.602. The number of rotatable bonds is 0. The summed E-state index contributed by atoms with van der Waals surface area (Å²) in [6.07, 6.45) is 0. The normalized spacial score (nSPS) is 10.6. The highest BCUT2D eigenvalue weighted by Gasteiger charge is 1.99. The van der Waals surface area contributed by atoms with Gasteiger partial charge in [-0.05, 0) is 25.1 Å². The second kappa shape index (κ2) is 2.69. The topological polar surface area (TPSA) is 34.9 Å². The molecule has 0 bridgehead atoms. The summed E-state index contributed by atoms with van der Waals surface area (Å²) in [5.74, 6) is 0. The van der Waals surface area contributed by atoms with E-state index >= 15 is 0 Å². The smallest absolute Gasteiger partial charge is 0.251 e. The molecule has 0 aliphatic heterocycles. The zero-order valence-corrected chi connectivity index (χ0v) is 7.61. The number of aromatic nitrogens is 2. The Morgan fingerprint density at radius 3 is 2.69 bits per heavy atom. The van der Waals surface area contributed by atoms with Crippen LogP contribution in [0.4, 0.5) is 0 Å². The molecule has 0 unspecified atom stereocenters. The molecular weight excluding hydrogens is 164 g/mol. The van der Waals surface area contributed by atoms with E-state index in [-0.39, 0.29) is 5.56 Å². The molecule has 2 aromatic rings. The van der Waals surface area contributed by atoms with E-state index in [1.54, 1.807) is 23.7 Å². The first kappa shape index (κ1) is 7.98. The predicted octanol–water partition coefficient (Wildman–Crippen LogP) is 1.24. The first-order chi connectivity index (χ1) is 6.18. The fourth-order valence-electron chi connectivity index (χ4n) is 1.33. The van der Waals surface area contributed by atoms with E-state index in [0.29, 0.717) is 0 Å². The third-order valence-electron chi connectivity index (χ3n) is 2.10. The highest BCUT2D eigenvalue weighted by Crippen LogP contribution is 2.08. The Hall–Kier alpha value is -1.64. The molecule has 0 spiro atoms. The van der Waals surface area contributed by atoms with Gasteiger partial charge < -0.3 is 0 Å². The van der Waals surface area contributed by atoms with Crippen LogP contribution in [0.3, 0.4) is 0 Å². The van der Waals surface area contributed by atoms with Crippen LogP contribution >= 0.6 is 0 Å². The highest BCUT2D eigenvalue weighted by atomic mass is 16.1. The second-order valence-corrected chi connectivity index (χ2v) is 3.10. The average Bonchev–Trinajstić information content (AvgIpc) is 2.12. The molecule has 0 aliphatic carbocycles. The number of hydrogen-bond donors (Lipinski definition) is 0. The van der Waals surface area contributed by atoms with Gasteiger partial charge in [0.1, 0.15) is 5.65 Å². The molecule has 0 aliphatic rings. The standard InChI is InChI=1S/C10H10N2O/c1-7-3-4-8-5-6-9(13)12(2)10(8)11-7/h3-6H,1-2H3. The van der Waals surface area contributed by atoms with Crippen molar-refractivity contribution in [1.82, 2.24) is 9.55 Å². The SMILES string of the molecule is Cc1ccc2ccc(=O)n(C)c2n1. The summed E-state index contributed by atoms with van der Waals surface area (Å²) >= 11 is 0. The van der Waals surface area contributed by atoms with Gasteiger partial charge in [-0.15, -0.1) is 0 Å². The van der Waals surface area contributed by atoms with Crippen molar-refractivity contribution >= 4 is 11.0 Å². The molecule has 0 radical (unpaired) electrons. The van der Waals surface area contributed by atoms with Crippen LogP contribution in [-0.2, 0) is 7.05 Å². The summed E-state index contributed by atoms with van der Waals surface area (Å²) in [7, 11) is 1.73. The molecule has 66 valence electrons. The van der Waals surface area contributed by atoms with Gasteiger partial charge in [0.05, 0.1) is 0 Å². The van der Waals surface area contributed by atoms with Crippen LogP contribution < -0.4 is 5.56 Å². The van der Waals surface area contributed by atoms with Crippen molar-refractivity contribution in [3.8, 4) is 0 Å². The molecule has 0 fully saturated rings. The molecule has 0 amide bonds. The number of pyridine rings is 2. The Balaban J connectivity index is 2.97. The van der Waals surface area contributed by atoms with Crippen LogP contribution in [-0.4, -0.2) is 9.55 Å². The van der Waals surface area contributed by atoms with Gasteiger partial charge in [0.2, 0.25) is 0 Å². The van der Waals surface area contributed by atoms with Gasteiger partial charge in [0.25, 0.3) is 5.56 Å². The van der Waals surface area contributed by atoms with Gasteiger partial charge in [-0.3, -0.25) is 9.36 Å². The lowest BCUT2D eigenvalue weighted by atomic mass is 10.2. The minimum atomic E-state index is -0.0226. The van der Waals surface area contributed by atoms with Gasteiger partial charge in [0, 0.05) is 24.2 Å². The molecule has 0 saturated heterocycles. The molecule has 3 nitrogen and oxygen atoms in total. The van der Waals surface area contributed by atoms with Gasteiger partial charge in [-0.2, -0.15) is 0 Å². The second-order valence-electron chi connectivity index (χ2n) is 3.10. The lowest BCUT2D eigenvalue weighted by molar-refractivity contribution is 0.884. The van der Waals surface area contributed by atoms with Crippen LogP contribution in [0.2, 0.25) is 0 Å². The first-order valence-electron chi connectivity index (χ1n) is 4.12. The molecule has 2 heterocycles. The van der Waals surface area contributed by atoms with Crippen molar-refractivity contribution in [2.75, 3.05) is 0 Å². The van der Waals surface area contributed by atoms with Crippen LogP contribution in [0.5, 0.6) is 0 Å². The maximum Gasteiger partial charge on any atom is 0.251 e. The zero-order valence-electron chi connectivity index (χ0n) is 7.61. The summed E-state index contributed by atoms with van der Waals surface area (Å²) in [4.78, 5) is 15.6. The van der Waals surface area contributed by atoms with E-state index in [9.17, 15) is 4.79 Å². The van der Waals surface area contributed by atoms with Gasteiger partial charge >= 0.3 is 0 Å². The van der Waals surface area contributed by atoms with E-state index in [4.69, 9.17) is 0 Å². The van der Waals surface area contributed by atoms with E-state index in [2.05, 4.69) is 4.98 Å². The molecule has 2 aromatic heterocycles. The maximum absolute atomic E-state index is 11.3. The highest BCUT2D eigenvalue weighted by molar-refractivity contribution is 5.74. The summed E-state index contributed by atoms with van der Waals surface area (Å²) < 4.78 is 1.56. The fraction of sp³-hybridized carbons (Fsp3) is 0.200. The average molecular weight is 174 g/mol. The molecule has 0 saturated carbocycles. The Morgan fingerprint density at radius 2 is 1.92 bits per heavy atom. The maximum atomic E-state index is 11.3. The summed E-state index contributed by atoms with van der Waals surface area (Å²) in [6.45, 7) is 1.91. The summed E-state index contributed by atoms with van der Waals surface area (Å²) in [6, 6.07) is 7.26. The van der Waals surface area contributed by atoms with Crippen molar-refractivity contribution in [2.45, 2.75) is 6.92 Å². The van der Waals surface area contributed by atoms with Gasteiger partial charge in [-0.25, -0.2) is 4.98 Å². The van der Waals surface area contributed by atoms with Crippen molar-refractivity contribution in [3.05, 3.63) is 40.3 Å². The Morgan fingerprint density at radius 1 is 1.23 bits per heavy atom. The third kappa shape index (κ3) is 1.22. The first-order valence-corrected chi connectivity index (χ1v) is 4.12. The minimum Gasteiger partial charge on any atom is -0.296 e. The predicted molar refractivity (Wildman–Crippen MR) is 51.7 cm³/mol. The zero-order chi connectivity index (χ0) is 9.42. The molecule has 0 aromatic carbocycles. The van der Waals surface area contributed by atoms with Crippen LogP contribution in [0, 0.1) is 6.92 Å². The number of nitrogens with zero attached hydrogens (tertiary/aromatic N) is 2. The fourth-order valence-corrected chi connectivity index (χ4v) is 1.33. The lowest BCUT2D eigenvalue weighted by Gasteiger charge is -2.03. The number of hydrogen-bond acceptors (Lipinski definition) is 2. The minimum absolute atomic E-state index is 0.0226. The Labute approximate surface area is 75.7 Å². The summed E-state index contributed by atoms with van der Waals surface area (Å²) in [5, 5.41) is 0.993. The molecule has 0 atom stereocenters. The largest absolute Gasteiger partial charge is 0.296 e. The van der Waals surface area contributed by atoms with Gasteiger partial charge in [0.15, 0.2) is 0 Å². The summed E-state index contributed by atoms with van der Waals surface area (Å²) in [5.41, 5.74) is 1.65. The Kier molecular flexibility index (Phi) is 1.65. The van der Waals surface area contributed by atoms with E-state index in [0.717, 1.165) is 16.7 Å². The van der Waals surface area contributed by atoms with Crippen LogP contribution in [0.15, 0.2) is 29.1 Å². The Bertz CT molecular complexity index is 514. The van der Waals surface area contributed by atoms with Crippen LogP contribution in [0.25, 0.3) is 11.0 Å². The van der Waals surface area contributed by atoms with Crippen molar-refractivity contribution in [2.24, 2.45) is 7.05 Å². The number of aryl methyl sites for hydroxylation is 2. The van der Waals surface area contributed by atoms with Crippen molar-refractivity contribution in [1.29, 1.82) is 0 Å². The molecule has 2 rings (SSSR count). The molecule has 0 N–H and O–H groups in total. The monoisotopic (exact) mass is 174 g/mol. The van der Waals surface area contributed by atoms with Crippen LogP contribution in [0.1, 0.15) is 5.69 Å². The number of fused-ring (bicyclic) bond motifs is 1. The molecular formula is C10H10N2O. The van der Waals surface area contributed by atoms with Gasteiger partial charge in [-0.1, -0.05) is 0 Å². The van der Waals surface area contributed by atoms with Crippen molar-refractivity contribution < 1.29 is 0 Å². The third-order valence-corrected chi connectivity index (χ3v) is 2.10. The molecule has 3 heteroatoms. The van der Waals surface area contributed by atoms with E-state index in [1.807, 2.05) is 19.1 Å². The molecule has 13 heavy (non-hydrogen) atoms. The van der Waals surface area contributed by atoms with E-state index in [1.165, 1.54) is 0 Å².